The molecule has 0 aliphatic heterocycles. The molecule has 0 radical (unpaired) electrons. The number of carbonyl (C=O) groups is 2. The molecule has 0 saturated carbocycles. The molecule has 1 rings (SSSR count). The maximum Gasteiger partial charge on any atom is 0.296 e. The normalized spacial score (nSPS) is 12.1. The van der Waals surface area contributed by atoms with Crippen LogP contribution in [-0.4, -0.2) is 38.5 Å². The number of hydrogen-bond donors (Lipinski definition) is 2. The fourth-order valence-corrected chi connectivity index (χ4v) is 2.90. The van der Waals surface area contributed by atoms with E-state index in [4.69, 9.17) is 9.11 Å². The summed E-state index contributed by atoms with van der Waals surface area (Å²) in [4.78, 5) is 19.2. The predicted molar refractivity (Wildman–Crippen MR) is 56.8 cm³/mol. The van der Waals surface area contributed by atoms with Crippen molar-refractivity contribution in [2.24, 2.45) is 0 Å². The summed E-state index contributed by atoms with van der Waals surface area (Å²) in [6, 6.07) is 1.42. The van der Waals surface area contributed by atoms with Gasteiger partial charge in [0.1, 0.15) is 9.79 Å². The van der Waals surface area contributed by atoms with Gasteiger partial charge in [0, 0.05) is 5.56 Å². The quantitative estimate of drug-likeness (QED) is 0.574. The van der Waals surface area contributed by atoms with Crippen LogP contribution in [0.15, 0.2) is 21.9 Å². The average Bonchev–Trinajstić information content (AvgIpc) is 2.24. The van der Waals surface area contributed by atoms with Crippen LogP contribution in [0.3, 0.4) is 0 Å². The highest BCUT2D eigenvalue weighted by molar-refractivity contribution is 7.86. The minimum absolute atomic E-state index is 0.0177. The topological polar surface area (TPSA) is 143 Å². The van der Waals surface area contributed by atoms with Gasteiger partial charge in [0.05, 0.1) is 5.56 Å². The lowest BCUT2D eigenvalue weighted by molar-refractivity contribution is 0.111. The van der Waals surface area contributed by atoms with Crippen molar-refractivity contribution in [1.82, 2.24) is 0 Å². The van der Waals surface area contributed by atoms with Crippen molar-refractivity contribution in [1.29, 1.82) is 0 Å². The Kier molecular flexibility index (Phi) is 3.67. The van der Waals surface area contributed by atoms with Crippen LogP contribution in [-0.2, 0) is 20.2 Å². The van der Waals surface area contributed by atoms with Crippen LogP contribution in [0.2, 0.25) is 0 Å². The van der Waals surface area contributed by atoms with Gasteiger partial charge in [-0.25, -0.2) is 0 Å². The Morgan fingerprint density at radius 1 is 0.889 bits per heavy atom. The molecule has 0 bridgehead atoms. The van der Waals surface area contributed by atoms with E-state index in [-0.39, 0.29) is 12.6 Å². The zero-order valence-corrected chi connectivity index (χ0v) is 10.1. The molecule has 0 fully saturated rings. The monoisotopic (exact) mass is 294 g/mol. The molecule has 0 spiro atoms. The van der Waals surface area contributed by atoms with Gasteiger partial charge in [0.25, 0.3) is 20.2 Å². The summed E-state index contributed by atoms with van der Waals surface area (Å²) in [6.07, 6.45) is -0.177. The fraction of sp³-hybridized carbons (Fsp3) is 0. The van der Waals surface area contributed by atoms with E-state index in [9.17, 15) is 26.4 Å². The number of hydrogen-bond acceptors (Lipinski definition) is 6. The van der Waals surface area contributed by atoms with Crippen LogP contribution >= 0.6 is 0 Å². The molecule has 0 heterocycles. The van der Waals surface area contributed by atoms with Crippen molar-refractivity contribution in [2.75, 3.05) is 0 Å². The second kappa shape index (κ2) is 4.57. The van der Waals surface area contributed by atoms with Gasteiger partial charge in [-0.05, 0) is 12.1 Å². The predicted octanol–water partition coefficient (Wildman–Crippen LogP) is -0.195. The van der Waals surface area contributed by atoms with Gasteiger partial charge in [0.15, 0.2) is 12.6 Å². The molecular weight excluding hydrogens is 288 g/mol. The highest BCUT2D eigenvalue weighted by atomic mass is 32.2. The first-order valence-corrected chi connectivity index (χ1v) is 7.03. The van der Waals surface area contributed by atoms with Crippen molar-refractivity contribution in [3.05, 3.63) is 23.3 Å². The maximum absolute atomic E-state index is 11.0. The number of carbonyl (C=O) groups excluding carboxylic acids is 2. The Labute approximate surface area is 102 Å². The molecule has 0 saturated heterocycles. The summed E-state index contributed by atoms with van der Waals surface area (Å²) in [7, 11) is -9.89. The molecule has 0 aromatic heterocycles. The molecule has 2 N–H and O–H groups in total. The molecule has 98 valence electrons. The molecule has 1 aromatic rings. The molecule has 0 amide bonds. The van der Waals surface area contributed by atoms with Gasteiger partial charge in [-0.2, -0.15) is 16.8 Å². The summed E-state index contributed by atoms with van der Waals surface area (Å²) in [5.41, 5.74) is -1.61. The Hall–Kier alpha value is -1.62. The largest absolute Gasteiger partial charge is 0.298 e. The molecule has 8 nitrogen and oxygen atoms in total. The Morgan fingerprint density at radius 2 is 1.44 bits per heavy atom. The first kappa shape index (κ1) is 14.4. The van der Waals surface area contributed by atoms with Crippen molar-refractivity contribution in [2.45, 2.75) is 9.79 Å². The van der Waals surface area contributed by atoms with Crippen LogP contribution in [0, 0.1) is 0 Å². The van der Waals surface area contributed by atoms with E-state index in [1.54, 1.807) is 0 Å². The SMILES string of the molecule is O=Cc1ccc(S(=O)(=O)O)c(C=O)c1S(=O)(=O)O. The third-order valence-electron chi connectivity index (χ3n) is 1.97. The molecule has 10 heteroatoms. The minimum Gasteiger partial charge on any atom is -0.298 e. The van der Waals surface area contributed by atoms with Crippen LogP contribution in [0.1, 0.15) is 20.7 Å². The lowest BCUT2D eigenvalue weighted by Gasteiger charge is -2.08. The highest BCUT2D eigenvalue weighted by Gasteiger charge is 2.27. The lowest BCUT2D eigenvalue weighted by Crippen LogP contribution is -2.12. The molecule has 18 heavy (non-hydrogen) atoms. The number of aldehydes is 2. The molecule has 0 atom stereocenters. The van der Waals surface area contributed by atoms with E-state index < -0.39 is 41.2 Å². The standard InChI is InChI=1S/C8H6O8S2/c9-3-5-1-2-7(17(11,12)13)6(4-10)8(5)18(14,15)16/h1-4H,(H,11,12,13)(H,14,15,16). The molecule has 1 aromatic carbocycles. The first-order chi connectivity index (χ1) is 8.12. The minimum atomic E-state index is -5.01. The average molecular weight is 294 g/mol. The summed E-state index contributed by atoms with van der Waals surface area (Å²) in [5, 5.41) is 0. The van der Waals surface area contributed by atoms with Crippen molar-refractivity contribution in [3.63, 3.8) is 0 Å². The zero-order valence-electron chi connectivity index (χ0n) is 8.47. The van der Waals surface area contributed by atoms with Crippen molar-refractivity contribution < 1.29 is 35.5 Å². The van der Waals surface area contributed by atoms with Crippen LogP contribution in [0.25, 0.3) is 0 Å². The van der Waals surface area contributed by atoms with Crippen molar-refractivity contribution in [3.8, 4) is 0 Å². The van der Waals surface area contributed by atoms with E-state index in [1.165, 1.54) is 0 Å². The van der Waals surface area contributed by atoms with E-state index in [1.807, 2.05) is 0 Å². The van der Waals surface area contributed by atoms with E-state index in [0.717, 1.165) is 6.07 Å². The van der Waals surface area contributed by atoms with Crippen molar-refractivity contribution >= 4 is 32.8 Å². The number of benzene rings is 1. The smallest absolute Gasteiger partial charge is 0.296 e. The zero-order chi connectivity index (χ0) is 14.1. The van der Waals surface area contributed by atoms with E-state index >= 15 is 0 Å². The summed E-state index contributed by atoms with van der Waals surface area (Å²) in [5.74, 6) is 0. The van der Waals surface area contributed by atoms with E-state index in [2.05, 4.69) is 0 Å². The third kappa shape index (κ3) is 2.61. The van der Waals surface area contributed by atoms with Gasteiger partial charge in [-0.1, -0.05) is 0 Å². The van der Waals surface area contributed by atoms with Gasteiger partial charge in [0.2, 0.25) is 0 Å². The summed E-state index contributed by atoms with van der Waals surface area (Å²) in [6.45, 7) is 0. The molecule has 0 unspecified atom stereocenters. The van der Waals surface area contributed by atoms with E-state index in [0.29, 0.717) is 6.07 Å². The maximum atomic E-state index is 11.0. The third-order valence-corrected chi connectivity index (χ3v) is 3.85. The fourth-order valence-electron chi connectivity index (χ4n) is 1.32. The second-order valence-corrected chi connectivity index (χ2v) is 5.83. The van der Waals surface area contributed by atoms with Crippen LogP contribution in [0.4, 0.5) is 0 Å². The Balaban J connectivity index is 3.99. The van der Waals surface area contributed by atoms with Gasteiger partial charge in [-0.3, -0.25) is 18.7 Å². The lowest BCUT2D eigenvalue weighted by atomic mass is 10.1. The van der Waals surface area contributed by atoms with Gasteiger partial charge < -0.3 is 0 Å². The molecule has 0 aliphatic rings. The second-order valence-electron chi connectivity index (χ2n) is 3.08. The van der Waals surface area contributed by atoms with Gasteiger partial charge >= 0.3 is 0 Å². The summed E-state index contributed by atoms with van der Waals surface area (Å²) < 4.78 is 61.6. The first-order valence-electron chi connectivity index (χ1n) is 4.15. The molecular formula is C8H6O8S2. The van der Waals surface area contributed by atoms with Gasteiger partial charge in [-0.15, -0.1) is 0 Å². The highest BCUT2D eigenvalue weighted by Crippen LogP contribution is 2.25. The number of rotatable bonds is 4. The van der Waals surface area contributed by atoms with Crippen LogP contribution < -0.4 is 0 Å². The Bertz CT molecular complexity index is 714. The summed E-state index contributed by atoms with van der Waals surface area (Å²) >= 11 is 0. The van der Waals surface area contributed by atoms with Crippen LogP contribution in [0.5, 0.6) is 0 Å². The molecule has 0 aliphatic carbocycles. The Morgan fingerprint density at radius 3 is 1.78 bits per heavy atom.